The molecule has 0 unspecified atom stereocenters. The summed E-state index contributed by atoms with van der Waals surface area (Å²) in [6.45, 7) is 0.362. The van der Waals surface area contributed by atoms with Crippen LogP contribution in [0.15, 0.2) is 71.7 Å². The summed E-state index contributed by atoms with van der Waals surface area (Å²) in [4.78, 5) is 16.8. The van der Waals surface area contributed by atoms with Gasteiger partial charge in [0.25, 0.3) is 5.91 Å². The van der Waals surface area contributed by atoms with Crippen LogP contribution in [0.25, 0.3) is 22.5 Å². The first-order valence-electron chi connectivity index (χ1n) is 8.69. The van der Waals surface area contributed by atoms with E-state index >= 15 is 0 Å². The van der Waals surface area contributed by atoms with Gasteiger partial charge in [0.1, 0.15) is 11.4 Å². The van der Waals surface area contributed by atoms with Gasteiger partial charge < -0.3 is 14.5 Å². The Hall–Kier alpha value is -3.87. The molecule has 0 radical (unpaired) electrons. The predicted molar refractivity (Wildman–Crippen MR) is 104 cm³/mol. The maximum absolute atomic E-state index is 12.4. The lowest BCUT2D eigenvalue weighted by Crippen LogP contribution is -2.23. The van der Waals surface area contributed by atoms with Crippen LogP contribution in [0.4, 0.5) is 0 Å². The smallest absolute Gasteiger partial charge is 0.269 e. The maximum Gasteiger partial charge on any atom is 0.269 e. The highest BCUT2D eigenvalue weighted by atomic mass is 16.5. The number of pyridine rings is 1. The third-order valence-electron chi connectivity index (χ3n) is 4.30. The molecule has 4 rings (SSSR count). The van der Waals surface area contributed by atoms with Crippen molar-refractivity contribution in [2.75, 3.05) is 7.11 Å². The highest BCUT2D eigenvalue weighted by Gasteiger charge is 2.13. The number of ether oxygens (including phenoxy) is 1. The van der Waals surface area contributed by atoms with Crippen LogP contribution in [0.3, 0.4) is 0 Å². The molecule has 1 amide bonds. The standard InChI is InChI=1S/C21H18N4O3/c1-27-20-5-3-2-4-16(20)18-10-19(25-24-18)21(26)23-12-14-6-7-17(22-11-14)15-8-9-28-13-15/h2-11,13H,12H2,1H3,(H,23,26)(H,24,25). The van der Waals surface area contributed by atoms with Crippen molar-refractivity contribution in [1.82, 2.24) is 20.5 Å². The van der Waals surface area contributed by atoms with Gasteiger partial charge in [-0.3, -0.25) is 14.9 Å². The number of furan rings is 1. The number of nitrogens with zero attached hydrogens (tertiary/aromatic N) is 2. The number of rotatable bonds is 6. The molecule has 28 heavy (non-hydrogen) atoms. The zero-order valence-corrected chi connectivity index (χ0v) is 15.2. The van der Waals surface area contributed by atoms with Crippen molar-refractivity contribution >= 4 is 5.91 Å². The molecule has 7 heteroatoms. The number of hydrogen-bond donors (Lipinski definition) is 2. The third kappa shape index (κ3) is 3.64. The molecule has 0 aliphatic rings. The number of methoxy groups -OCH3 is 1. The Morgan fingerprint density at radius 3 is 2.82 bits per heavy atom. The van der Waals surface area contributed by atoms with Gasteiger partial charge in [0, 0.05) is 23.9 Å². The number of carbonyl (C=O) groups is 1. The molecule has 2 N–H and O–H groups in total. The quantitative estimate of drug-likeness (QED) is 0.537. The number of para-hydroxylation sites is 1. The van der Waals surface area contributed by atoms with Crippen LogP contribution < -0.4 is 10.1 Å². The van der Waals surface area contributed by atoms with Gasteiger partial charge in [0.05, 0.1) is 31.0 Å². The largest absolute Gasteiger partial charge is 0.496 e. The topological polar surface area (TPSA) is 93.0 Å². The Kier molecular flexibility index (Phi) is 4.88. The molecule has 0 bridgehead atoms. The minimum atomic E-state index is -0.243. The Bertz CT molecular complexity index is 1070. The average Bonchev–Trinajstić information content (AvgIpc) is 3.44. The fourth-order valence-electron chi connectivity index (χ4n) is 2.82. The van der Waals surface area contributed by atoms with E-state index in [9.17, 15) is 4.79 Å². The molecule has 0 aliphatic heterocycles. The Morgan fingerprint density at radius 2 is 2.07 bits per heavy atom. The highest BCUT2D eigenvalue weighted by Crippen LogP contribution is 2.28. The predicted octanol–water partition coefficient (Wildman–Crippen LogP) is 3.67. The first kappa shape index (κ1) is 17.5. The van der Waals surface area contributed by atoms with Crippen LogP contribution in [0, 0.1) is 0 Å². The normalized spacial score (nSPS) is 10.6. The van der Waals surface area contributed by atoms with E-state index in [1.54, 1.807) is 31.9 Å². The number of H-pyrrole nitrogens is 1. The lowest BCUT2D eigenvalue weighted by atomic mass is 10.1. The van der Waals surface area contributed by atoms with Crippen LogP contribution in [0.1, 0.15) is 16.1 Å². The molecule has 0 saturated carbocycles. The van der Waals surface area contributed by atoms with Crippen molar-refractivity contribution in [1.29, 1.82) is 0 Å². The highest BCUT2D eigenvalue weighted by molar-refractivity contribution is 5.93. The van der Waals surface area contributed by atoms with E-state index in [0.29, 0.717) is 23.7 Å². The SMILES string of the molecule is COc1ccccc1-c1cc(C(=O)NCc2ccc(-c3ccoc3)nc2)[nH]n1. The summed E-state index contributed by atoms with van der Waals surface area (Å²) < 4.78 is 10.4. The monoisotopic (exact) mass is 374 g/mol. The summed E-state index contributed by atoms with van der Waals surface area (Å²) in [7, 11) is 1.60. The molecule has 4 aromatic rings. The molecular weight excluding hydrogens is 356 g/mol. The van der Waals surface area contributed by atoms with E-state index in [1.165, 1.54) is 0 Å². The molecule has 3 aromatic heterocycles. The molecule has 0 saturated heterocycles. The van der Waals surface area contributed by atoms with Crippen LogP contribution in [-0.2, 0) is 6.54 Å². The molecule has 0 spiro atoms. The molecule has 140 valence electrons. The van der Waals surface area contributed by atoms with Gasteiger partial charge in [0.2, 0.25) is 0 Å². The minimum Gasteiger partial charge on any atom is -0.496 e. The molecule has 1 aromatic carbocycles. The lowest BCUT2D eigenvalue weighted by Gasteiger charge is -2.05. The summed E-state index contributed by atoms with van der Waals surface area (Å²) in [5, 5.41) is 9.86. The number of nitrogens with one attached hydrogen (secondary N) is 2. The van der Waals surface area contributed by atoms with Crippen molar-refractivity contribution in [3.63, 3.8) is 0 Å². The Labute approximate surface area is 161 Å². The van der Waals surface area contributed by atoms with E-state index in [4.69, 9.17) is 9.15 Å². The van der Waals surface area contributed by atoms with E-state index in [2.05, 4.69) is 20.5 Å². The van der Waals surface area contributed by atoms with Gasteiger partial charge >= 0.3 is 0 Å². The van der Waals surface area contributed by atoms with E-state index in [1.807, 2.05) is 42.5 Å². The second-order valence-electron chi connectivity index (χ2n) is 6.11. The van der Waals surface area contributed by atoms with Crippen molar-refractivity contribution in [2.45, 2.75) is 6.54 Å². The fraction of sp³-hybridized carbons (Fsp3) is 0.0952. The summed E-state index contributed by atoms with van der Waals surface area (Å²) >= 11 is 0. The molecule has 7 nitrogen and oxygen atoms in total. The zero-order valence-electron chi connectivity index (χ0n) is 15.2. The number of hydrogen-bond acceptors (Lipinski definition) is 5. The Morgan fingerprint density at radius 1 is 1.18 bits per heavy atom. The van der Waals surface area contributed by atoms with Crippen molar-refractivity contribution in [3.8, 4) is 28.3 Å². The van der Waals surface area contributed by atoms with E-state index in [0.717, 1.165) is 22.4 Å². The number of benzene rings is 1. The molecule has 0 fully saturated rings. The second kappa shape index (κ2) is 7.79. The minimum absolute atomic E-state index is 0.243. The first-order valence-corrected chi connectivity index (χ1v) is 8.69. The first-order chi connectivity index (χ1) is 13.7. The van der Waals surface area contributed by atoms with E-state index in [-0.39, 0.29) is 5.91 Å². The summed E-state index contributed by atoms with van der Waals surface area (Å²) in [6.07, 6.45) is 4.98. The third-order valence-corrected chi connectivity index (χ3v) is 4.30. The van der Waals surface area contributed by atoms with Crippen LogP contribution in [0.5, 0.6) is 5.75 Å². The number of amides is 1. The maximum atomic E-state index is 12.4. The van der Waals surface area contributed by atoms with Gasteiger partial charge in [-0.1, -0.05) is 18.2 Å². The Balaban J connectivity index is 1.41. The summed E-state index contributed by atoms with van der Waals surface area (Å²) in [6, 6.07) is 14.9. The van der Waals surface area contributed by atoms with E-state index < -0.39 is 0 Å². The summed E-state index contributed by atoms with van der Waals surface area (Å²) in [5.41, 5.74) is 4.47. The van der Waals surface area contributed by atoms with Gasteiger partial charge in [-0.15, -0.1) is 0 Å². The number of carbonyl (C=O) groups excluding carboxylic acids is 1. The molecule has 0 atom stereocenters. The van der Waals surface area contributed by atoms with Crippen LogP contribution >= 0.6 is 0 Å². The average molecular weight is 374 g/mol. The van der Waals surface area contributed by atoms with Crippen molar-refractivity contribution < 1.29 is 13.9 Å². The van der Waals surface area contributed by atoms with Gasteiger partial charge in [-0.05, 0) is 35.9 Å². The number of aromatic nitrogens is 3. The van der Waals surface area contributed by atoms with Gasteiger partial charge in [-0.2, -0.15) is 5.10 Å². The van der Waals surface area contributed by atoms with Crippen LogP contribution in [-0.4, -0.2) is 28.2 Å². The van der Waals surface area contributed by atoms with Crippen molar-refractivity contribution in [3.05, 3.63) is 78.5 Å². The second-order valence-corrected chi connectivity index (χ2v) is 6.11. The molecule has 3 heterocycles. The van der Waals surface area contributed by atoms with Crippen LogP contribution in [0.2, 0.25) is 0 Å². The number of aromatic amines is 1. The van der Waals surface area contributed by atoms with Gasteiger partial charge in [0.15, 0.2) is 0 Å². The lowest BCUT2D eigenvalue weighted by molar-refractivity contribution is 0.0946. The van der Waals surface area contributed by atoms with Crippen molar-refractivity contribution in [2.24, 2.45) is 0 Å². The molecule has 0 aliphatic carbocycles. The zero-order chi connectivity index (χ0) is 19.3. The molecular formula is C21H18N4O3. The fourth-order valence-corrected chi connectivity index (χ4v) is 2.82. The van der Waals surface area contributed by atoms with Gasteiger partial charge in [-0.25, -0.2) is 0 Å². The summed E-state index contributed by atoms with van der Waals surface area (Å²) in [5.74, 6) is 0.456.